The molecule has 0 spiro atoms. The molecule has 0 bridgehead atoms. The van der Waals surface area contributed by atoms with E-state index in [9.17, 15) is 0 Å². The monoisotopic (exact) mass is 337 g/mol. The van der Waals surface area contributed by atoms with Crippen LogP contribution in [0, 0.1) is 0 Å². The maximum Gasteiger partial charge on any atom is 0.133 e. The third-order valence-corrected chi connectivity index (χ3v) is 4.05. The summed E-state index contributed by atoms with van der Waals surface area (Å²) in [6, 6.07) is 10.6. The quantitative estimate of drug-likeness (QED) is 0.834. The Bertz CT molecular complexity index is 525. The maximum atomic E-state index is 5.38. The van der Waals surface area contributed by atoms with Gasteiger partial charge in [0.2, 0.25) is 0 Å². The molecule has 0 aliphatic carbocycles. The minimum absolute atomic E-state index is 0.431. The van der Waals surface area contributed by atoms with Gasteiger partial charge in [0.15, 0.2) is 0 Å². The largest absolute Gasteiger partial charge is 0.496 e. The Hall–Kier alpha value is -1.26. The molecule has 0 amide bonds. The van der Waals surface area contributed by atoms with E-state index < -0.39 is 0 Å². The molecule has 0 aliphatic rings. The Labute approximate surface area is 128 Å². The molecule has 1 unspecified atom stereocenters. The molecule has 1 atom stereocenters. The van der Waals surface area contributed by atoms with Gasteiger partial charge in [0.1, 0.15) is 11.5 Å². The van der Waals surface area contributed by atoms with Crippen LogP contribution in [0.5, 0.6) is 5.75 Å². The van der Waals surface area contributed by atoms with Gasteiger partial charge in [-0.05, 0) is 65.6 Å². The summed E-state index contributed by atoms with van der Waals surface area (Å²) in [6.07, 6.45) is 4.72. The molecule has 0 aliphatic heterocycles. The molecule has 2 rings (SSSR count). The molecule has 0 fully saturated rings. The van der Waals surface area contributed by atoms with E-state index in [2.05, 4.69) is 33.4 Å². The second-order valence-corrected chi connectivity index (χ2v) is 5.63. The fraction of sp³-hybridized carbons (Fsp3) is 0.375. The van der Waals surface area contributed by atoms with Gasteiger partial charge < -0.3 is 14.5 Å². The predicted molar refractivity (Wildman–Crippen MR) is 84.3 cm³/mol. The molecular weight excluding hydrogens is 318 g/mol. The van der Waals surface area contributed by atoms with Gasteiger partial charge in [-0.1, -0.05) is 6.07 Å². The lowest BCUT2D eigenvalue weighted by atomic mass is 10.0. The van der Waals surface area contributed by atoms with Gasteiger partial charge in [-0.2, -0.15) is 0 Å². The van der Waals surface area contributed by atoms with Crippen molar-refractivity contribution in [2.75, 3.05) is 14.2 Å². The highest BCUT2D eigenvalue weighted by Crippen LogP contribution is 2.26. The van der Waals surface area contributed by atoms with Crippen molar-refractivity contribution in [3.05, 3.63) is 52.4 Å². The number of likely N-dealkylation sites (N-methyl/N-ethyl adjacent to an activating group) is 1. The van der Waals surface area contributed by atoms with Gasteiger partial charge in [0, 0.05) is 12.5 Å². The van der Waals surface area contributed by atoms with Gasteiger partial charge in [0.05, 0.1) is 17.8 Å². The van der Waals surface area contributed by atoms with Crippen LogP contribution < -0.4 is 10.1 Å². The Morgan fingerprint density at radius 3 is 2.80 bits per heavy atom. The Morgan fingerprint density at radius 1 is 1.35 bits per heavy atom. The zero-order chi connectivity index (χ0) is 14.4. The molecule has 3 nitrogen and oxygen atoms in total. The summed E-state index contributed by atoms with van der Waals surface area (Å²) < 4.78 is 11.6. The first-order valence-electron chi connectivity index (χ1n) is 6.75. The first-order chi connectivity index (χ1) is 9.72. The van der Waals surface area contributed by atoms with E-state index >= 15 is 0 Å². The van der Waals surface area contributed by atoms with Crippen molar-refractivity contribution in [2.45, 2.75) is 25.3 Å². The van der Waals surface area contributed by atoms with E-state index in [1.807, 2.05) is 25.2 Å². The number of ether oxygens (including phenoxy) is 1. The van der Waals surface area contributed by atoms with E-state index in [1.165, 1.54) is 5.56 Å². The third-order valence-electron chi connectivity index (χ3n) is 3.43. The summed E-state index contributed by atoms with van der Waals surface area (Å²) in [4.78, 5) is 0. The van der Waals surface area contributed by atoms with Gasteiger partial charge in [-0.3, -0.25) is 0 Å². The molecule has 20 heavy (non-hydrogen) atoms. The van der Waals surface area contributed by atoms with E-state index in [-0.39, 0.29) is 0 Å². The zero-order valence-electron chi connectivity index (χ0n) is 11.9. The number of aryl methyl sites for hydroxylation is 1. The number of nitrogens with one attached hydrogen (secondary N) is 1. The van der Waals surface area contributed by atoms with E-state index in [4.69, 9.17) is 9.15 Å². The minimum Gasteiger partial charge on any atom is -0.496 e. The molecule has 2 aromatic rings. The number of benzene rings is 1. The second-order valence-electron chi connectivity index (χ2n) is 4.78. The lowest BCUT2D eigenvalue weighted by Crippen LogP contribution is -2.28. The lowest BCUT2D eigenvalue weighted by molar-refractivity contribution is 0.411. The van der Waals surface area contributed by atoms with Crippen LogP contribution in [0.25, 0.3) is 0 Å². The molecule has 1 aromatic carbocycles. The predicted octanol–water partition coefficient (Wildman–Crippen LogP) is 3.81. The molecule has 0 saturated carbocycles. The molecular formula is C16H20BrNO2. The fourth-order valence-electron chi connectivity index (χ4n) is 2.24. The normalized spacial score (nSPS) is 12.3. The molecule has 0 saturated heterocycles. The summed E-state index contributed by atoms with van der Waals surface area (Å²) in [5.41, 5.74) is 1.29. The first kappa shape index (κ1) is 15.1. The van der Waals surface area contributed by atoms with Crippen molar-refractivity contribution in [2.24, 2.45) is 0 Å². The van der Waals surface area contributed by atoms with Crippen molar-refractivity contribution in [1.29, 1.82) is 0 Å². The van der Waals surface area contributed by atoms with E-state index in [0.29, 0.717) is 6.04 Å². The van der Waals surface area contributed by atoms with E-state index in [1.54, 1.807) is 13.4 Å². The van der Waals surface area contributed by atoms with Crippen LogP contribution in [0.3, 0.4) is 0 Å². The lowest BCUT2D eigenvalue weighted by Gasteiger charge is -2.16. The summed E-state index contributed by atoms with van der Waals surface area (Å²) in [5, 5.41) is 3.37. The molecule has 4 heteroatoms. The molecule has 108 valence electrons. The summed E-state index contributed by atoms with van der Waals surface area (Å²) in [7, 11) is 3.69. The summed E-state index contributed by atoms with van der Waals surface area (Å²) >= 11 is 3.53. The van der Waals surface area contributed by atoms with Crippen molar-refractivity contribution in [3.8, 4) is 5.75 Å². The average Bonchev–Trinajstić information content (AvgIpc) is 2.97. The van der Waals surface area contributed by atoms with Gasteiger partial charge >= 0.3 is 0 Å². The zero-order valence-corrected chi connectivity index (χ0v) is 13.4. The summed E-state index contributed by atoms with van der Waals surface area (Å²) in [5.74, 6) is 1.91. The standard InChI is InChI=1S/C16H20BrNO2/c1-18-13(6-7-14-4-3-9-20-14)10-12-5-8-16(19-2)15(17)11-12/h3-5,8-9,11,13,18H,6-7,10H2,1-2H3. The molecule has 1 N–H and O–H groups in total. The van der Waals surface area contributed by atoms with Crippen LogP contribution in [-0.2, 0) is 12.8 Å². The minimum atomic E-state index is 0.431. The fourth-order valence-corrected chi connectivity index (χ4v) is 2.83. The van der Waals surface area contributed by atoms with Crippen molar-refractivity contribution in [1.82, 2.24) is 5.32 Å². The highest BCUT2D eigenvalue weighted by atomic mass is 79.9. The molecule has 1 heterocycles. The van der Waals surface area contributed by atoms with Gasteiger partial charge in [0.25, 0.3) is 0 Å². The molecule has 0 radical (unpaired) electrons. The number of hydrogen-bond donors (Lipinski definition) is 1. The number of rotatable bonds is 7. The van der Waals surface area contributed by atoms with Crippen molar-refractivity contribution in [3.63, 3.8) is 0 Å². The van der Waals surface area contributed by atoms with Crippen LogP contribution in [0.2, 0.25) is 0 Å². The van der Waals surface area contributed by atoms with Crippen LogP contribution in [0.4, 0.5) is 0 Å². The highest BCUT2D eigenvalue weighted by Gasteiger charge is 2.10. The Kier molecular flexibility index (Phi) is 5.68. The number of halogens is 1. The number of furan rings is 1. The van der Waals surface area contributed by atoms with Crippen molar-refractivity contribution >= 4 is 15.9 Å². The number of methoxy groups -OCH3 is 1. The highest BCUT2D eigenvalue weighted by molar-refractivity contribution is 9.10. The molecule has 1 aromatic heterocycles. The maximum absolute atomic E-state index is 5.38. The topological polar surface area (TPSA) is 34.4 Å². The van der Waals surface area contributed by atoms with E-state index in [0.717, 1.165) is 35.2 Å². The third kappa shape index (κ3) is 4.12. The van der Waals surface area contributed by atoms with Crippen LogP contribution in [0.15, 0.2) is 45.5 Å². The second kappa shape index (κ2) is 7.50. The Balaban J connectivity index is 1.93. The smallest absolute Gasteiger partial charge is 0.133 e. The van der Waals surface area contributed by atoms with Crippen LogP contribution in [-0.4, -0.2) is 20.2 Å². The first-order valence-corrected chi connectivity index (χ1v) is 7.54. The van der Waals surface area contributed by atoms with Gasteiger partial charge in [-0.15, -0.1) is 0 Å². The van der Waals surface area contributed by atoms with Gasteiger partial charge in [-0.25, -0.2) is 0 Å². The van der Waals surface area contributed by atoms with Crippen LogP contribution in [0.1, 0.15) is 17.7 Å². The van der Waals surface area contributed by atoms with Crippen LogP contribution >= 0.6 is 15.9 Å². The average molecular weight is 338 g/mol. The summed E-state index contributed by atoms with van der Waals surface area (Å²) in [6.45, 7) is 0. The van der Waals surface area contributed by atoms with Crippen molar-refractivity contribution < 1.29 is 9.15 Å². The Morgan fingerprint density at radius 2 is 2.20 bits per heavy atom. The number of hydrogen-bond acceptors (Lipinski definition) is 3. The SMILES string of the molecule is CNC(CCc1ccco1)Cc1ccc(OC)c(Br)c1.